The third-order valence-corrected chi connectivity index (χ3v) is 6.19. The number of hydrogen-bond acceptors (Lipinski definition) is 6. The van der Waals surface area contributed by atoms with Crippen molar-refractivity contribution in [2.75, 3.05) is 33.3 Å². The number of ether oxygens (including phenoxy) is 1. The van der Waals surface area contributed by atoms with Gasteiger partial charge in [-0.05, 0) is 24.3 Å². The summed E-state index contributed by atoms with van der Waals surface area (Å²) in [6.07, 6.45) is 1.000. The fourth-order valence-electron chi connectivity index (χ4n) is 2.74. The van der Waals surface area contributed by atoms with Crippen LogP contribution in [0.15, 0.2) is 45.9 Å². The van der Waals surface area contributed by atoms with E-state index in [0.717, 1.165) is 12.3 Å². The average Bonchev–Trinajstić information content (AvgIpc) is 3.18. The van der Waals surface area contributed by atoms with Gasteiger partial charge in [0.15, 0.2) is 5.76 Å². The van der Waals surface area contributed by atoms with Gasteiger partial charge >= 0.3 is 5.97 Å². The van der Waals surface area contributed by atoms with Gasteiger partial charge in [-0.1, -0.05) is 0 Å². The molecule has 1 aliphatic rings. The Balaban J connectivity index is 1.66. The maximum Gasteiger partial charge on any atom is 0.338 e. The van der Waals surface area contributed by atoms with Crippen LogP contribution in [0.2, 0.25) is 0 Å². The topological polar surface area (TPSA) is 117 Å². The van der Waals surface area contributed by atoms with Gasteiger partial charge in [-0.15, -0.1) is 0 Å². The van der Waals surface area contributed by atoms with Gasteiger partial charge in [-0.25, -0.2) is 13.2 Å². The Hall–Kier alpha value is -2.85. The number of furan rings is 1. The molecule has 10 heteroatoms. The number of carboxylic acids is 1. The highest BCUT2D eigenvalue weighted by Crippen LogP contribution is 2.21. The standard InChI is InChI=1S/C17H18N2O7S/c1-25-13-2-4-14(5-3-13)27(23,24)19-8-6-18(7-9-19)16(20)15-10-12(11-26-15)17(21)22/h2-5,10-11H,6-9H2,1H3,(H,21,22). The summed E-state index contributed by atoms with van der Waals surface area (Å²) in [6.45, 7) is 0.619. The maximum absolute atomic E-state index is 12.7. The van der Waals surface area contributed by atoms with Crippen molar-refractivity contribution >= 4 is 21.9 Å². The highest BCUT2D eigenvalue weighted by Gasteiger charge is 2.31. The zero-order valence-corrected chi connectivity index (χ0v) is 15.3. The fraction of sp³-hybridized carbons (Fsp3) is 0.294. The second-order valence-electron chi connectivity index (χ2n) is 5.88. The summed E-state index contributed by atoms with van der Waals surface area (Å²) in [5.41, 5.74) is -0.112. The normalized spacial score (nSPS) is 15.5. The second kappa shape index (κ2) is 7.41. The summed E-state index contributed by atoms with van der Waals surface area (Å²) in [4.78, 5) is 24.9. The van der Waals surface area contributed by atoms with Gasteiger partial charge in [0.05, 0.1) is 17.6 Å². The molecule has 3 rings (SSSR count). The number of amides is 1. The fourth-order valence-corrected chi connectivity index (χ4v) is 4.17. The molecular formula is C17H18N2O7S. The SMILES string of the molecule is COc1ccc(S(=O)(=O)N2CCN(C(=O)c3cc(C(=O)O)co3)CC2)cc1. The van der Waals surface area contributed by atoms with Crippen LogP contribution in [0.1, 0.15) is 20.9 Å². The quantitative estimate of drug-likeness (QED) is 0.808. The maximum atomic E-state index is 12.7. The number of aromatic carboxylic acids is 1. The van der Waals surface area contributed by atoms with E-state index in [4.69, 9.17) is 14.3 Å². The van der Waals surface area contributed by atoms with Crippen molar-refractivity contribution in [2.24, 2.45) is 0 Å². The summed E-state index contributed by atoms with van der Waals surface area (Å²) in [6, 6.07) is 7.25. The highest BCUT2D eigenvalue weighted by molar-refractivity contribution is 7.89. The Bertz CT molecular complexity index is 942. The van der Waals surface area contributed by atoms with E-state index in [9.17, 15) is 18.0 Å². The molecule has 1 aliphatic heterocycles. The molecule has 0 radical (unpaired) electrons. The number of carbonyl (C=O) groups is 2. The third-order valence-electron chi connectivity index (χ3n) is 4.28. The first kappa shape index (κ1) is 18.9. The summed E-state index contributed by atoms with van der Waals surface area (Å²) < 4.78 is 36.8. The van der Waals surface area contributed by atoms with E-state index in [0.29, 0.717) is 5.75 Å². The Morgan fingerprint density at radius 2 is 1.74 bits per heavy atom. The molecule has 0 unspecified atom stereocenters. The van der Waals surface area contributed by atoms with Crippen molar-refractivity contribution < 1.29 is 32.3 Å². The number of benzene rings is 1. The van der Waals surface area contributed by atoms with E-state index < -0.39 is 21.9 Å². The van der Waals surface area contributed by atoms with Crippen molar-refractivity contribution in [3.63, 3.8) is 0 Å². The van der Waals surface area contributed by atoms with Crippen molar-refractivity contribution in [2.45, 2.75) is 4.90 Å². The molecule has 1 aromatic heterocycles. The molecule has 1 N–H and O–H groups in total. The molecule has 1 fully saturated rings. The Kier molecular flexibility index (Phi) is 5.19. The lowest BCUT2D eigenvalue weighted by molar-refractivity contribution is 0.0664. The predicted molar refractivity (Wildman–Crippen MR) is 93.3 cm³/mol. The Morgan fingerprint density at radius 1 is 1.11 bits per heavy atom. The van der Waals surface area contributed by atoms with Crippen molar-refractivity contribution in [1.82, 2.24) is 9.21 Å². The number of nitrogens with zero attached hydrogens (tertiary/aromatic N) is 2. The molecule has 0 bridgehead atoms. The van der Waals surface area contributed by atoms with E-state index in [1.165, 1.54) is 28.4 Å². The molecule has 2 heterocycles. The highest BCUT2D eigenvalue weighted by atomic mass is 32.2. The molecule has 0 atom stereocenters. The lowest BCUT2D eigenvalue weighted by Gasteiger charge is -2.33. The largest absolute Gasteiger partial charge is 0.497 e. The molecule has 1 aromatic carbocycles. The molecule has 2 aromatic rings. The minimum Gasteiger partial charge on any atom is -0.497 e. The van der Waals surface area contributed by atoms with Crippen LogP contribution in [-0.4, -0.2) is 67.9 Å². The van der Waals surface area contributed by atoms with Crippen LogP contribution in [0.3, 0.4) is 0 Å². The summed E-state index contributed by atoms with van der Waals surface area (Å²) >= 11 is 0. The molecular weight excluding hydrogens is 376 g/mol. The van der Waals surface area contributed by atoms with Crippen LogP contribution in [-0.2, 0) is 10.0 Å². The van der Waals surface area contributed by atoms with Crippen LogP contribution in [0.5, 0.6) is 5.75 Å². The Morgan fingerprint density at radius 3 is 2.26 bits per heavy atom. The number of carboxylic acid groups (broad SMARTS) is 1. The van der Waals surface area contributed by atoms with Gasteiger partial charge in [-0.3, -0.25) is 4.79 Å². The first-order chi connectivity index (χ1) is 12.8. The number of methoxy groups -OCH3 is 1. The number of hydrogen-bond donors (Lipinski definition) is 1. The number of piperazine rings is 1. The van der Waals surface area contributed by atoms with Gasteiger partial charge in [0.1, 0.15) is 12.0 Å². The van der Waals surface area contributed by atoms with E-state index in [1.807, 2.05) is 0 Å². The number of sulfonamides is 1. The molecule has 9 nitrogen and oxygen atoms in total. The minimum atomic E-state index is -3.67. The van der Waals surface area contributed by atoms with Crippen LogP contribution >= 0.6 is 0 Å². The zero-order valence-electron chi connectivity index (χ0n) is 14.5. The summed E-state index contributed by atoms with van der Waals surface area (Å²) in [5, 5.41) is 8.89. The van der Waals surface area contributed by atoms with Gasteiger partial charge in [0.2, 0.25) is 10.0 Å². The summed E-state index contributed by atoms with van der Waals surface area (Å²) in [7, 11) is -2.17. The average molecular weight is 394 g/mol. The summed E-state index contributed by atoms with van der Waals surface area (Å²) in [5.74, 6) is -1.18. The second-order valence-corrected chi connectivity index (χ2v) is 7.81. The van der Waals surface area contributed by atoms with Gasteiger partial charge in [0, 0.05) is 32.2 Å². The van der Waals surface area contributed by atoms with E-state index in [2.05, 4.69) is 0 Å². The molecule has 144 valence electrons. The Labute approximate surface area is 155 Å². The smallest absolute Gasteiger partial charge is 0.338 e. The first-order valence-corrected chi connectivity index (χ1v) is 9.52. The number of rotatable bonds is 5. The van der Waals surface area contributed by atoms with Crippen LogP contribution in [0.25, 0.3) is 0 Å². The monoisotopic (exact) mass is 394 g/mol. The molecule has 1 amide bonds. The van der Waals surface area contributed by atoms with Gasteiger partial charge < -0.3 is 19.2 Å². The first-order valence-electron chi connectivity index (χ1n) is 8.08. The molecule has 0 saturated carbocycles. The lowest BCUT2D eigenvalue weighted by Crippen LogP contribution is -2.50. The van der Waals surface area contributed by atoms with Crippen molar-refractivity contribution in [3.05, 3.63) is 47.9 Å². The van der Waals surface area contributed by atoms with E-state index >= 15 is 0 Å². The van der Waals surface area contributed by atoms with Gasteiger partial charge in [-0.2, -0.15) is 4.31 Å². The third kappa shape index (κ3) is 3.81. The molecule has 0 spiro atoms. The van der Waals surface area contributed by atoms with E-state index in [-0.39, 0.29) is 42.4 Å². The zero-order chi connectivity index (χ0) is 19.6. The lowest BCUT2D eigenvalue weighted by atomic mass is 10.2. The van der Waals surface area contributed by atoms with Crippen LogP contribution in [0.4, 0.5) is 0 Å². The van der Waals surface area contributed by atoms with E-state index in [1.54, 1.807) is 12.1 Å². The van der Waals surface area contributed by atoms with Crippen molar-refractivity contribution in [1.29, 1.82) is 0 Å². The number of carbonyl (C=O) groups excluding carboxylic acids is 1. The van der Waals surface area contributed by atoms with Gasteiger partial charge in [0.25, 0.3) is 5.91 Å². The van der Waals surface area contributed by atoms with Crippen molar-refractivity contribution in [3.8, 4) is 5.75 Å². The molecule has 0 aliphatic carbocycles. The molecule has 1 saturated heterocycles. The van der Waals surface area contributed by atoms with Crippen LogP contribution in [0, 0.1) is 0 Å². The van der Waals surface area contributed by atoms with Crippen LogP contribution < -0.4 is 4.74 Å². The minimum absolute atomic E-state index is 0.0844. The molecule has 27 heavy (non-hydrogen) atoms. The predicted octanol–water partition coefficient (Wildman–Crippen LogP) is 1.13.